The quantitative estimate of drug-likeness (QED) is 0.845. The predicted octanol–water partition coefficient (Wildman–Crippen LogP) is 3.58. The van der Waals surface area contributed by atoms with E-state index in [9.17, 15) is 10.2 Å². The number of aliphatic hydroxyl groups is 2. The van der Waals surface area contributed by atoms with E-state index in [0.717, 1.165) is 11.1 Å². The first-order valence-corrected chi connectivity index (χ1v) is 8.17. The van der Waals surface area contributed by atoms with Crippen LogP contribution in [0.5, 0.6) is 0 Å². The molecule has 0 bridgehead atoms. The van der Waals surface area contributed by atoms with E-state index < -0.39 is 23.4 Å². The lowest BCUT2D eigenvalue weighted by molar-refractivity contribution is -0.106. The van der Waals surface area contributed by atoms with Crippen LogP contribution in [0.2, 0.25) is 0 Å². The third-order valence-electron chi connectivity index (χ3n) is 4.49. The van der Waals surface area contributed by atoms with Gasteiger partial charge in [0.25, 0.3) is 0 Å². The Morgan fingerprint density at radius 1 is 1.04 bits per heavy atom. The molecule has 1 aliphatic rings. The molecule has 0 aromatic heterocycles. The lowest BCUT2D eigenvalue weighted by atomic mass is 9.82. The summed E-state index contributed by atoms with van der Waals surface area (Å²) < 4.78 is 5.67. The second-order valence-electron chi connectivity index (χ2n) is 6.32. The zero-order valence-electron chi connectivity index (χ0n) is 13.2. The van der Waals surface area contributed by atoms with E-state index in [1.54, 1.807) is 0 Å². The van der Waals surface area contributed by atoms with E-state index in [4.69, 9.17) is 16.3 Å². The molecule has 1 aliphatic heterocycles. The van der Waals surface area contributed by atoms with Crippen LogP contribution in [0.1, 0.15) is 34.8 Å². The van der Waals surface area contributed by atoms with Crippen LogP contribution < -0.4 is 0 Å². The minimum Gasteiger partial charge on any atom is -0.386 e. The normalized spacial score (nSPS) is 28.7. The minimum atomic E-state index is -1.32. The summed E-state index contributed by atoms with van der Waals surface area (Å²) in [6.45, 7) is 3.97. The summed E-state index contributed by atoms with van der Waals surface area (Å²) in [5.41, 5.74) is 1.68. The molecule has 0 radical (unpaired) electrons. The molecule has 2 aromatic rings. The van der Waals surface area contributed by atoms with Crippen LogP contribution >= 0.6 is 11.6 Å². The number of hydrogen-bond acceptors (Lipinski definition) is 3. The molecular formula is C19H21ClO3. The molecule has 2 N–H and O–H groups in total. The van der Waals surface area contributed by atoms with E-state index in [2.05, 4.69) is 0 Å². The number of alkyl halides is 1. The van der Waals surface area contributed by atoms with Gasteiger partial charge in [-0.05, 0) is 25.0 Å². The van der Waals surface area contributed by atoms with E-state index in [1.807, 2.05) is 62.4 Å². The van der Waals surface area contributed by atoms with Gasteiger partial charge in [0.15, 0.2) is 0 Å². The summed E-state index contributed by atoms with van der Waals surface area (Å²) in [6, 6.07) is 15.1. The van der Waals surface area contributed by atoms with Gasteiger partial charge in [-0.1, -0.05) is 71.3 Å². The van der Waals surface area contributed by atoms with Gasteiger partial charge in [0.05, 0.1) is 0 Å². The van der Waals surface area contributed by atoms with Crippen molar-refractivity contribution in [2.24, 2.45) is 0 Å². The molecule has 0 aliphatic carbocycles. The maximum atomic E-state index is 11.2. The van der Waals surface area contributed by atoms with Crippen molar-refractivity contribution in [1.82, 2.24) is 0 Å². The number of rotatable bonds is 3. The highest BCUT2D eigenvalue weighted by molar-refractivity contribution is 6.19. The summed E-state index contributed by atoms with van der Waals surface area (Å²) in [6.07, 6.45) is -1.52. The topological polar surface area (TPSA) is 49.7 Å². The largest absolute Gasteiger partial charge is 0.386 e. The molecule has 0 spiro atoms. The maximum Gasteiger partial charge on any atom is 0.135 e. The average Bonchev–Trinajstić information content (AvgIpc) is 2.84. The Morgan fingerprint density at radius 3 is 2.13 bits per heavy atom. The Balaban J connectivity index is 1.95. The molecule has 1 fully saturated rings. The van der Waals surface area contributed by atoms with Gasteiger partial charge < -0.3 is 14.9 Å². The van der Waals surface area contributed by atoms with Gasteiger partial charge in [0, 0.05) is 6.42 Å². The number of aliphatic hydroxyl groups excluding tert-OH is 1. The Bertz CT molecular complexity index is 668. The van der Waals surface area contributed by atoms with Crippen LogP contribution in [0.3, 0.4) is 0 Å². The fourth-order valence-electron chi connectivity index (χ4n) is 3.08. The van der Waals surface area contributed by atoms with E-state index in [0.29, 0.717) is 11.1 Å². The third-order valence-corrected chi connectivity index (χ3v) is 4.75. The van der Waals surface area contributed by atoms with Gasteiger partial charge in [0.1, 0.15) is 23.4 Å². The first kappa shape index (κ1) is 16.5. The second kappa shape index (κ2) is 6.25. The molecule has 2 unspecified atom stereocenters. The van der Waals surface area contributed by atoms with Crippen molar-refractivity contribution < 1.29 is 14.9 Å². The van der Waals surface area contributed by atoms with Crippen molar-refractivity contribution in [3.8, 4) is 0 Å². The van der Waals surface area contributed by atoms with Gasteiger partial charge in [-0.15, -0.1) is 0 Å². The molecular weight excluding hydrogens is 312 g/mol. The summed E-state index contributed by atoms with van der Waals surface area (Å²) in [7, 11) is 0. The Kier molecular flexibility index (Phi) is 4.47. The SMILES string of the molecule is Cc1ccc(C(O)[C@H]2OC(Cl)C[C@@]2(O)c2ccc(C)cc2)cc1. The van der Waals surface area contributed by atoms with E-state index in [1.165, 1.54) is 0 Å². The monoisotopic (exact) mass is 332 g/mol. The highest BCUT2D eigenvalue weighted by Gasteiger charge is 2.51. The summed E-state index contributed by atoms with van der Waals surface area (Å²) in [4.78, 5) is 0. The molecule has 122 valence electrons. The Morgan fingerprint density at radius 2 is 1.57 bits per heavy atom. The molecule has 3 rings (SSSR count). The number of aryl methyl sites for hydroxylation is 2. The summed E-state index contributed by atoms with van der Waals surface area (Å²) >= 11 is 6.14. The average molecular weight is 333 g/mol. The Labute approximate surface area is 141 Å². The molecule has 3 nitrogen and oxygen atoms in total. The van der Waals surface area contributed by atoms with Crippen LogP contribution in [-0.4, -0.2) is 21.9 Å². The number of ether oxygens (including phenoxy) is 1. The molecule has 0 saturated carbocycles. The smallest absolute Gasteiger partial charge is 0.135 e. The van der Waals surface area contributed by atoms with Crippen molar-refractivity contribution in [1.29, 1.82) is 0 Å². The highest BCUT2D eigenvalue weighted by Crippen LogP contribution is 2.45. The fraction of sp³-hybridized carbons (Fsp3) is 0.368. The van der Waals surface area contributed by atoms with Gasteiger partial charge >= 0.3 is 0 Å². The number of benzene rings is 2. The van der Waals surface area contributed by atoms with Crippen molar-refractivity contribution in [3.63, 3.8) is 0 Å². The first-order valence-electron chi connectivity index (χ1n) is 7.74. The predicted molar refractivity (Wildman–Crippen MR) is 90.3 cm³/mol. The maximum absolute atomic E-state index is 11.2. The molecule has 2 aromatic carbocycles. The van der Waals surface area contributed by atoms with Gasteiger partial charge in [-0.25, -0.2) is 0 Å². The molecule has 1 heterocycles. The third kappa shape index (κ3) is 3.15. The number of hydrogen-bond donors (Lipinski definition) is 2. The van der Waals surface area contributed by atoms with E-state index >= 15 is 0 Å². The van der Waals surface area contributed by atoms with Crippen molar-refractivity contribution in [2.45, 2.75) is 43.6 Å². The van der Waals surface area contributed by atoms with Crippen molar-refractivity contribution in [3.05, 3.63) is 70.8 Å². The van der Waals surface area contributed by atoms with Crippen LogP contribution in [0.15, 0.2) is 48.5 Å². The van der Waals surface area contributed by atoms with Crippen molar-refractivity contribution >= 4 is 11.6 Å². The van der Waals surface area contributed by atoms with E-state index in [-0.39, 0.29) is 6.42 Å². The molecule has 23 heavy (non-hydrogen) atoms. The summed E-state index contributed by atoms with van der Waals surface area (Å²) in [5.74, 6) is 0. The fourth-order valence-corrected chi connectivity index (χ4v) is 3.42. The standard InChI is InChI=1S/C19H21ClO3/c1-12-3-7-14(8-4-12)17(21)18-19(22,11-16(20)23-18)15-9-5-13(2)6-10-15/h3-10,16-18,21-22H,11H2,1-2H3/t16?,17?,18-,19-/m1/s1. The van der Waals surface area contributed by atoms with Crippen molar-refractivity contribution in [2.75, 3.05) is 0 Å². The second-order valence-corrected chi connectivity index (χ2v) is 6.80. The van der Waals surface area contributed by atoms with Gasteiger partial charge in [-0.3, -0.25) is 0 Å². The highest BCUT2D eigenvalue weighted by atomic mass is 35.5. The van der Waals surface area contributed by atoms with Crippen LogP contribution in [0.25, 0.3) is 0 Å². The van der Waals surface area contributed by atoms with Gasteiger partial charge in [-0.2, -0.15) is 0 Å². The molecule has 1 saturated heterocycles. The summed E-state index contributed by atoms with van der Waals surface area (Å²) in [5, 5.41) is 21.9. The van der Waals surface area contributed by atoms with Crippen LogP contribution in [-0.2, 0) is 10.3 Å². The lowest BCUT2D eigenvalue weighted by Gasteiger charge is -2.32. The van der Waals surface area contributed by atoms with Crippen LogP contribution in [0, 0.1) is 13.8 Å². The zero-order chi connectivity index (χ0) is 16.6. The minimum absolute atomic E-state index is 0.241. The van der Waals surface area contributed by atoms with Crippen LogP contribution in [0.4, 0.5) is 0 Å². The molecule has 4 atom stereocenters. The van der Waals surface area contributed by atoms with Gasteiger partial charge in [0.2, 0.25) is 0 Å². The first-order chi connectivity index (χ1) is 10.9. The number of halogens is 1. The molecule has 0 amide bonds. The zero-order valence-corrected chi connectivity index (χ0v) is 14.0. The molecule has 4 heteroatoms. The Hall–Kier alpha value is -1.39. The lowest BCUT2D eigenvalue weighted by Crippen LogP contribution is -2.39.